The zero-order chi connectivity index (χ0) is 37.1. The summed E-state index contributed by atoms with van der Waals surface area (Å²) in [7, 11) is -4.74. The highest BCUT2D eigenvalue weighted by molar-refractivity contribution is 7.89. The van der Waals surface area contributed by atoms with Crippen LogP contribution in [0.15, 0.2) is 59.8 Å². The molecule has 3 aromatic rings. The molecule has 2 aliphatic heterocycles. The molecule has 5 rings (SSSR count). The Kier molecular flexibility index (Phi) is 11.9. The molecule has 2 aromatic carbocycles. The third-order valence-electron chi connectivity index (χ3n) is 8.54. The maximum absolute atomic E-state index is 14.4. The lowest BCUT2D eigenvalue weighted by molar-refractivity contribution is -0.147. The van der Waals surface area contributed by atoms with Crippen LogP contribution in [0.1, 0.15) is 42.1 Å². The Hall–Kier alpha value is -3.83. The smallest absolute Gasteiger partial charge is 0.328 e. The van der Waals surface area contributed by atoms with Gasteiger partial charge < -0.3 is 15.4 Å². The van der Waals surface area contributed by atoms with Crippen molar-refractivity contribution in [1.82, 2.24) is 19.5 Å². The van der Waals surface area contributed by atoms with Crippen molar-refractivity contribution in [3.05, 3.63) is 87.7 Å². The Balaban J connectivity index is 1.37. The van der Waals surface area contributed by atoms with Crippen LogP contribution in [0.4, 0.5) is 23.2 Å². The number of alkyl halides is 2. The van der Waals surface area contributed by atoms with Gasteiger partial charge in [0.15, 0.2) is 0 Å². The van der Waals surface area contributed by atoms with Crippen LogP contribution in [0.5, 0.6) is 0 Å². The van der Waals surface area contributed by atoms with E-state index in [1.54, 1.807) is 19.1 Å². The predicted octanol–water partition coefficient (Wildman–Crippen LogP) is 5.07. The molecule has 2 N–H and O–H groups in total. The first kappa shape index (κ1) is 38.4. The first-order valence-electron chi connectivity index (χ1n) is 15.8. The number of sulfonamides is 1. The first-order valence-corrected chi connectivity index (χ1v) is 18.0. The van der Waals surface area contributed by atoms with Gasteiger partial charge in [-0.3, -0.25) is 19.5 Å². The number of ether oxygens (including phenoxy) is 1. The number of nitrogens with one attached hydrogen (secondary N) is 2. The Morgan fingerprint density at radius 2 is 1.71 bits per heavy atom. The quantitative estimate of drug-likeness (QED) is 0.204. The van der Waals surface area contributed by atoms with Gasteiger partial charge in [-0.15, -0.1) is 0 Å². The van der Waals surface area contributed by atoms with Crippen LogP contribution in [-0.2, 0) is 30.8 Å². The lowest BCUT2D eigenvalue weighted by Crippen LogP contribution is -2.51. The maximum Gasteiger partial charge on any atom is 0.328 e. The number of hydrogen-bond acceptors (Lipinski definition) is 8. The summed E-state index contributed by atoms with van der Waals surface area (Å²) >= 11 is 12.1. The Bertz CT molecular complexity index is 1870. The van der Waals surface area contributed by atoms with Crippen molar-refractivity contribution >= 4 is 56.7 Å². The number of aromatic nitrogens is 1. The number of likely N-dealkylation sites (tertiary alicyclic amines) is 1. The fourth-order valence-electron chi connectivity index (χ4n) is 6.16. The SMILES string of the molecule is CCOC(=O)[C@H](Cc1ccc(NC(=O)c2c(Cl)cncc2Cl)cc1)NC(=O)C1C[C@@H](N2CCCC(F)(F)C2)CN1S(=O)(=O)c1cc(F)cc(F)c1. The summed E-state index contributed by atoms with van der Waals surface area (Å²) in [6, 6.07) is 4.20. The third-order valence-corrected chi connectivity index (χ3v) is 11.0. The number of hydrogen-bond donors (Lipinski definition) is 2. The third kappa shape index (κ3) is 9.16. The number of halogens is 6. The van der Waals surface area contributed by atoms with E-state index < -0.39 is 81.5 Å². The van der Waals surface area contributed by atoms with Crippen LogP contribution in [-0.4, -0.2) is 90.7 Å². The Morgan fingerprint density at radius 3 is 2.31 bits per heavy atom. The van der Waals surface area contributed by atoms with Gasteiger partial charge >= 0.3 is 5.97 Å². The summed E-state index contributed by atoms with van der Waals surface area (Å²) < 4.78 is 90.4. The number of esters is 1. The Labute approximate surface area is 301 Å². The molecule has 0 spiro atoms. The number of amides is 2. The summed E-state index contributed by atoms with van der Waals surface area (Å²) in [6.45, 7) is 0.664. The second-order valence-electron chi connectivity index (χ2n) is 12.2. The molecular formula is C33H33Cl2F4N5O6S. The van der Waals surface area contributed by atoms with Crippen molar-refractivity contribution in [3.8, 4) is 0 Å². The van der Waals surface area contributed by atoms with E-state index in [0.717, 1.165) is 4.31 Å². The summed E-state index contributed by atoms with van der Waals surface area (Å²) in [4.78, 5) is 44.2. The molecule has 2 saturated heterocycles. The number of carbonyl (C=O) groups excluding carboxylic acids is 3. The number of benzene rings is 2. The molecule has 2 amide bonds. The standard InChI is InChI=1S/C33H33Cl2F4N5O6S/c1-2-50-32(47)27(10-19-4-6-22(7-5-19)41-31(46)29-25(34)15-40-16-26(29)35)42-30(45)28-14-23(43-9-3-8-33(38,39)18-43)17-44(28)51(48,49)24-12-20(36)11-21(37)13-24/h4-7,11-13,15-16,23,27-28H,2-3,8-10,14,17-18H2,1H3,(H,41,46)(H,42,45)/t23-,27+,28?/m1/s1. The molecule has 1 unspecified atom stereocenters. The molecule has 0 radical (unpaired) electrons. The highest BCUT2D eigenvalue weighted by Gasteiger charge is 2.49. The topological polar surface area (TPSA) is 138 Å². The molecule has 0 saturated carbocycles. The van der Waals surface area contributed by atoms with Crippen molar-refractivity contribution in [1.29, 1.82) is 0 Å². The minimum absolute atomic E-state index is 0.0178. The molecule has 18 heteroatoms. The van der Waals surface area contributed by atoms with Crippen LogP contribution >= 0.6 is 23.2 Å². The van der Waals surface area contributed by atoms with E-state index in [-0.39, 0.29) is 54.4 Å². The van der Waals surface area contributed by atoms with E-state index in [1.165, 1.54) is 29.4 Å². The number of nitrogens with zero attached hydrogens (tertiary/aromatic N) is 3. The van der Waals surface area contributed by atoms with Crippen molar-refractivity contribution in [2.45, 2.75) is 61.6 Å². The number of anilines is 1. The summed E-state index contributed by atoms with van der Waals surface area (Å²) in [5.74, 6) is -7.73. The summed E-state index contributed by atoms with van der Waals surface area (Å²) in [5.41, 5.74) is 0.870. The number of pyridine rings is 1. The predicted molar refractivity (Wildman–Crippen MR) is 179 cm³/mol. The van der Waals surface area contributed by atoms with Gasteiger partial charge in [0.2, 0.25) is 15.9 Å². The minimum atomic E-state index is -4.74. The van der Waals surface area contributed by atoms with E-state index in [2.05, 4.69) is 15.6 Å². The van der Waals surface area contributed by atoms with Gasteiger partial charge in [0, 0.05) is 49.6 Å². The lowest BCUT2D eigenvalue weighted by Gasteiger charge is -2.36. The number of piperidine rings is 1. The highest BCUT2D eigenvalue weighted by Crippen LogP contribution is 2.34. The van der Waals surface area contributed by atoms with Gasteiger partial charge in [-0.25, -0.2) is 30.8 Å². The van der Waals surface area contributed by atoms with Crippen molar-refractivity contribution < 1.29 is 45.1 Å². The molecule has 2 aliphatic rings. The van der Waals surface area contributed by atoms with Gasteiger partial charge in [-0.1, -0.05) is 35.3 Å². The monoisotopic (exact) mass is 773 g/mol. The second-order valence-corrected chi connectivity index (χ2v) is 14.9. The van der Waals surface area contributed by atoms with Gasteiger partial charge in [0.25, 0.3) is 11.8 Å². The summed E-state index contributed by atoms with van der Waals surface area (Å²) in [5, 5.41) is 5.29. The molecule has 3 atom stereocenters. The molecule has 51 heavy (non-hydrogen) atoms. The molecule has 11 nitrogen and oxygen atoms in total. The zero-order valence-corrected chi connectivity index (χ0v) is 29.4. The van der Waals surface area contributed by atoms with Gasteiger partial charge in [0.05, 0.1) is 33.7 Å². The normalized spacial score (nSPS) is 20.1. The van der Waals surface area contributed by atoms with Crippen molar-refractivity contribution in [2.75, 3.05) is 31.6 Å². The molecular weight excluding hydrogens is 741 g/mol. The van der Waals surface area contributed by atoms with Gasteiger partial charge in [0.1, 0.15) is 23.7 Å². The average molecular weight is 775 g/mol. The zero-order valence-electron chi connectivity index (χ0n) is 27.1. The number of carbonyl (C=O) groups is 3. The minimum Gasteiger partial charge on any atom is -0.464 e. The fraction of sp³-hybridized carbons (Fsp3) is 0.394. The van der Waals surface area contributed by atoms with E-state index in [9.17, 15) is 40.4 Å². The molecule has 0 bridgehead atoms. The van der Waals surface area contributed by atoms with E-state index in [1.807, 2.05) is 0 Å². The van der Waals surface area contributed by atoms with Crippen molar-refractivity contribution in [2.24, 2.45) is 0 Å². The lowest BCUT2D eigenvalue weighted by atomic mass is 10.0. The number of rotatable bonds is 11. The average Bonchev–Trinajstić information content (AvgIpc) is 3.51. The van der Waals surface area contributed by atoms with Crippen LogP contribution in [0, 0.1) is 11.6 Å². The van der Waals surface area contributed by atoms with E-state index in [4.69, 9.17) is 27.9 Å². The largest absolute Gasteiger partial charge is 0.464 e. The van der Waals surface area contributed by atoms with Gasteiger partial charge in [-0.05, 0) is 56.1 Å². The Morgan fingerprint density at radius 1 is 1.06 bits per heavy atom. The highest BCUT2D eigenvalue weighted by atomic mass is 35.5. The molecule has 274 valence electrons. The molecule has 1 aromatic heterocycles. The van der Waals surface area contributed by atoms with Crippen molar-refractivity contribution in [3.63, 3.8) is 0 Å². The van der Waals surface area contributed by atoms with Crippen LogP contribution in [0.25, 0.3) is 0 Å². The van der Waals surface area contributed by atoms with Gasteiger partial charge in [-0.2, -0.15) is 4.31 Å². The van der Waals surface area contributed by atoms with Crippen LogP contribution in [0.3, 0.4) is 0 Å². The molecule has 2 fully saturated rings. The van der Waals surface area contributed by atoms with E-state index in [0.29, 0.717) is 29.4 Å². The van der Waals surface area contributed by atoms with Crippen LogP contribution in [0.2, 0.25) is 10.0 Å². The first-order chi connectivity index (χ1) is 24.1. The maximum atomic E-state index is 14.4. The second kappa shape index (κ2) is 15.8. The molecule has 3 heterocycles. The van der Waals surface area contributed by atoms with E-state index >= 15 is 0 Å². The summed E-state index contributed by atoms with van der Waals surface area (Å²) in [6.07, 6.45) is 1.98. The molecule has 0 aliphatic carbocycles. The fourth-order valence-corrected chi connectivity index (χ4v) is 8.37. The van der Waals surface area contributed by atoms with Crippen LogP contribution < -0.4 is 10.6 Å².